The lowest BCUT2D eigenvalue weighted by atomic mass is 10.1. The molecule has 0 aliphatic heterocycles. The number of anilines is 2. The van der Waals surface area contributed by atoms with Crippen molar-refractivity contribution in [2.75, 3.05) is 10.6 Å². The molecule has 0 saturated carbocycles. The number of aromatic nitrogens is 1. The van der Waals surface area contributed by atoms with Crippen LogP contribution in [0.4, 0.5) is 10.8 Å². The predicted octanol–water partition coefficient (Wildman–Crippen LogP) is 8.13. The Kier molecular flexibility index (Phi) is 9.79. The van der Waals surface area contributed by atoms with Crippen LogP contribution in [0.1, 0.15) is 22.8 Å². The van der Waals surface area contributed by atoms with Gasteiger partial charge in [-0.3, -0.25) is 14.4 Å². The molecule has 216 valence electrons. The molecule has 0 spiro atoms. The van der Waals surface area contributed by atoms with Crippen molar-refractivity contribution >= 4 is 91.1 Å². The minimum absolute atomic E-state index is 0.0505. The molecule has 4 aromatic carbocycles. The number of para-hydroxylation sites is 1. The molecule has 1 unspecified atom stereocenters. The normalized spacial score (nSPS) is 12.0. The van der Waals surface area contributed by atoms with Crippen LogP contribution in [-0.4, -0.2) is 28.0 Å². The number of hydrogen-bond donors (Lipinski definition) is 3. The standard InChI is InChI=1S/C32H24Cl2N4O3S2/c1-19(29(39)38-32-37-26-15-5-6-16-28(26)43-32)42-22-12-7-11-21(17-22)35-31(41)27(18-23-24(33)13-8-14-25(23)34)36-30(40)20-9-3-2-4-10-20/h2-19H,1H3,(H,35,41)(H,36,40)(H,37,38,39)/b27-18+. The average Bonchev–Trinajstić information content (AvgIpc) is 3.41. The summed E-state index contributed by atoms with van der Waals surface area (Å²) < 4.78 is 0.992. The fourth-order valence-electron chi connectivity index (χ4n) is 3.97. The summed E-state index contributed by atoms with van der Waals surface area (Å²) in [7, 11) is 0. The van der Waals surface area contributed by atoms with E-state index < -0.39 is 17.1 Å². The molecule has 43 heavy (non-hydrogen) atoms. The first-order valence-corrected chi connectivity index (χ1v) is 15.5. The number of fused-ring (bicyclic) bond motifs is 1. The minimum Gasteiger partial charge on any atom is -0.321 e. The summed E-state index contributed by atoms with van der Waals surface area (Å²) in [4.78, 5) is 44.5. The van der Waals surface area contributed by atoms with Gasteiger partial charge in [0.1, 0.15) is 5.70 Å². The minimum atomic E-state index is -0.580. The zero-order valence-electron chi connectivity index (χ0n) is 22.6. The number of carbonyl (C=O) groups excluding carboxylic acids is 3. The molecule has 0 fully saturated rings. The number of hydrogen-bond acceptors (Lipinski definition) is 6. The smallest absolute Gasteiger partial charge is 0.272 e. The lowest BCUT2D eigenvalue weighted by molar-refractivity contribution is -0.115. The Bertz CT molecular complexity index is 1790. The van der Waals surface area contributed by atoms with Gasteiger partial charge in [0.2, 0.25) is 5.91 Å². The van der Waals surface area contributed by atoms with Crippen molar-refractivity contribution in [2.45, 2.75) is 17.1 Å². The number of nitrogens with zero attached hydrogens (tertiary/aromatic N) is 1. The fourth-order valence-corrected chi connectivity index (χ4v) is 6.27. The number of amides is 3. The van der Waals surface area contributed by atoms with Crippen LogP contribution in [0.2, 0.25) is 10.0 Å². The van der Waals surface area contributed by atoms with Gasteiger partial charge in [-0.05, 0) is 67.6 Å². The number of benzene rings is 4. The second kappa shape index (κ2) is 13.9. The van der Waals surface area contributed by atoms with Gasteiger partial charge in [-0.1, -0.05) is 77.0 Å². The van der Waals surface area contributed by atoms with Crippen LogP contribution in [0.3, 0.4) is 0 Å². The number of rotatable bonds is 9. The van der Waals surface area contributed by atoms with Crippen molar-refractivity contribution < 1.29 is 14.4 Å². The molecule has 1 atom stereocenters. The van der Waals surface area contributed by atoms with Crippen molar-refractivity contribution in [3.63, 3.8) is 0 Å². The predicted molar refractivity (Wildman–Crippen MR) is 177 cm³/mol. The van der Waals surface area contributed by atoms with Gasteiger partial charge in [-0.15, -0.1) is 11.8 Å². The summed E-state index contributed by atoms with van der Waals surface area (Å²) in [5.41, 5.74) is 2.02. The molecule has 0 aliphatic carbocycles. The van der Waals surface area contributed by atoms with Gasteiger partial charge in [-0.25, -0.2) is 4.98 Å². The van der Waals surface area contributed by atoms with E-state index in [4.69, 9.17) is 23.2 Å². The second-order valence-electron chi connectivity index (χ2n) is 9.23. The SMILES string of the molecule is CC(Sc1cccc(NC(=O)/C(=C\c2c(Cl)cccc2Cl)NC(=O)c2ccccc2)c1)C(=O)Nc1nc2ccccc2s1. The van der Waals surface area contributed by atoms with Crippen LogP contribution >= 0.6 is 46.3 Å². The van der Waals surface area contributed by atoms with E-state index in [1.165, 1.54) is 29.2 Å². The van der Waals surface area contributed by atoms with Gasteiger partial charge in [-0.2, -0.15) is 0 Å². The number of thiazole rings is 1. The summed E-state index contributed by atoms with van der Waals surface area (Å²) in [5, 5.41) is 9.13. The largest absolute Gasteiger partial charge is 0.321 e. The maximum atomic E-state index is 13.5. The third-order valence-corrected chi connectivity index (χ3v) is 8.82. The Labute approximate surface area is 266 Å². The third kappa shape index (κ3) is 7.82. The molecular formula is C32H24Cl2N4O3S2. The third-order valence-electron chi connectivity index (χ3n) is 6.12. The fraction of sp³-hybridized carbons (Fsp3) is 0.0625. The topological polar surface area (TPSA) is 100 Å². The van der Waals surface area contributed by atoms with E-state index in [1.54, 1.807) is 73.7 Å². The summed E-state index contributed by atoms with van der Waals surface area (Å²) in [6.45, 7) is 1.80. The highest BCUT2D eigenvalue weighted by Crippen LogP contribution is 2.30. The number of halogens is 2. The highest BCUT2D eigenvalue weighted by Gasteiger charge is 2.19. The Hall–Kier alpha value is -4.15. The van der Waals surface area contributed by atoms with E-state index in [2.05, 4.69) is 20.9 Å². The molecular weight excluding hydrogens is 623 g/mol. The number of thioether (sulfide) groups is 1. The summed E-state index contributed by atoms with van der Waals surface area (Å²) in [5.74, 6) is -1.24. The van der Waals surface area contributed by atoms with Crippen molar-refractivity contribution in [1.29, 1.82) is 0 Å². The first-order valence-electron chi connectivity index (χ1n) is 13.0. The van der Waals surface area contributed by atoms with Gasteiger partial charge in [0.25, 0.3) is 11.8 Å². The highest BCUT2D eigenvalue weighted by molar-refractivity contribution is 8.00. The van der Waals surface area contributed by atoms with Gasteiger partial charge in [0, 0.05) is 31.8 Å². The van der Waals surface area contributed by atoms with Crippen molar-refractivity contribution in [3.05, 3.63) is 124 Å². The van der Waals surface area contributed by atoms with Crippen LogP contribution in [0.5, 0.6) is 0 Å². The molecule has 0 bridgehead atoms. The van der Waals surface area contributed by atoms with Crippen LogP contribution in [0.25, 0.3) is 16.3 Å². The van der Waals surface area contributed by atoms with E-state index in [1.807, 2.05) is 30.3 Å². The molecule has 0 radical (unpaired) electrons. The molecule has 11 heteroatoms. The van der Waals surface area contributed by atoms with Crippen molar-refractivity contribution in [3.8, 4) is 0 Å². The molecule has 0 saturated heterocycles. The molecule has 1 heterocycles. The lowest BCUT2D eigenvalue weighted by Crippen LogP contribution is -2.30. The van der Waals surface area contributed by atoms with Crippen LogP contribution in [0.15, 0.2) is 108 Å². The second-order valence-corrected chi connectivity index (χ2v) is 12.5. The number of nitrogens with one attached hydrogen (secondary N) is 3. The van der Waals surface area contributed by atoms with Gasteiger partial charge in [0.05, 0.1) is 15.5 Å². The number of carbonyl (C=O) groups is 3. The lowest BCUT2D eigenvalue weighted by Gasteiger charge is -2.14. The van der Waals surface area contributed by atoms with Crippen LogP contribution in [-0.2, 0) is 9.59 Å². The molecule has 3 N–H and O–H groups in total. The Morgan fingerprint density at radius 2 is 1.56 bits per heavy atom. The molecule has 3 amide bonds. The van der Waals surface area contributed by atoms with Crippen LogP contribution < -0.4 is 16.0 Å². The maximum absolute atomic E-state index is 13.5. The molecule has 5 aromatic rings. The average molecular weight is 648 g/mol. The Morgan fingerprint density at radius 1 is 0.860 bits per heavy atom. The van der Waals surface area contributed by atoms with Gasteiger partial charge < -0.3 is 16.0 Å². The van der Waals surface area contributed by atoms with E-state index in [-0.39, 0.29) is 11.6 Å². The van der Waals surface area contributed by atoms with E-state index in [9.17, 15) is 14.4 Å². The maximum Gasteiger partial charge on any atom is 0.272 e. The summed E-state index contributed by atoms with van der Waals surface area (Å²) in [6.07, 6.45) is 1.44. The van der Waals surface area contributed by atoms with Gasteiger partial charge in [0.15, 0.2) is 5.13 Å². The molecule has 1 aromatic heterocycles. The zero-order valence-corrected chi connectivity index (χ0v) is 25.8. The monoisotopic (exact) mass is 646 g/mol. The Balaban J connectivity index is 1.31. The van der Waals surface area contributed by atoms with Gasteiger partial charge >= 0.3 is 0 Å². The first-order chi connectivity index (χ1) is 20.8. The first kappa shape index (κ1) is 30.3. The van der Waals surface area contributed by atoms with E-state index in [0.29, 0.717) is 32.0 Å². The Morgan fingerprint density at radius 3 is 2.30 bits per heavy atom. The quantitative estimate of drug-likeness (QED) is 0.111. The highest BCUT2D eigenvalue weighted by atomic mass is 35.5. The van der Waals surface area contributed by atoms with E-state index >= 15 is 0 Å². The van der Waals surface area contributed by atoms with Crippen LogP contribution in [0, 0.1) is 0 Å². The summed E-state index contributed by atoms with van der Waals surface area (Å²) in [6, 6.07) is 28.3. The summed E-state index contributed by atoms with van der Waals surface area (Å²) >= 11 is 15.4. The molecule has 0 aliphatic rings. The molecule has 7 nitrogen and oxygen atoms in total. The molecule has 5 rings (SSSR count). The van der Waals surface area contributed by atoms with E-state index in [0.717, 1.165) is 15.1 Å². The van der Waals surface area contributed by atoms with Crippen molar-refractivity contribution in [1.82, 2.24) is 10.3 Å². The zero-order chi connectivity index (χ0) is 30.3. The van der Waals surface area contributed by atoms with Crippen molar-refractivity contribution in [2.24, 2.45) is 0 Å².